The monoisotopic (exact) mass is 524 g/mol. The molecule has 0 bridgehead atoms. The molecule has 0 atom stereocenters. The largest absolute Gasteiger partial charge is 0.365 e. The zero-order valence-corrected chi connectivity index (χ0v) is 21.2. The molecule has 6 nitrogen and oxygen atoms in total. The predicted octanol–water partition coefficient (Wildman–Crippen LogP) is 8.65. The van der Waals surface area contributed by atoms with E-state index in [9.17, 15) is 0 Å². The van der Waals surface area contributed by atoms with Crippen LogP contribution in [0.25, 0.3) is 22.5 Å². The minimum absolute atomic E-state index is 0. The number of nitrogens with zero attached hydrogens (tertiary/aromatic N) is 3. The van der Waals surface area contributed by atoms with E-state index in [1.54, 1.807) is 12.3 Å². The van der Waals surface area contributed by atoms with E-state index in [2.05, 4.69) is 32.3 Å². The van der Waals surface area contributed by atoms with Crippen molar-refractivity contribution >= 4 is 23.2 Å². The van der Waals surface area contributed by atoms with Crippen LogP contribution in [-0.4, -0.2) is 25.4 Å². The highest BCUT2D eigenvalue weighted by atomic mass is 35.5. The van der Waals surface area contributed by atoms with Crippen molar-refractivity contribution in [1.82, 2.24) is 25.4 Å². The number of aromatic nitrogens is 5. The summed E-state index contributed by atoms with van der Waals surface area (Å²) in [6, 6.07) is 21.3. The first-order valence-electron chi connectivity index (χ1n) is 11.0. The number of H-pyrrole nitrogens is 3. The lowest BCUT2D eigenvalue weighted by molar-refractivity contribution is 0.944. The smallest absolute Gasteiger partial charge is 0.122 e. The second-order valence-electron chi connectivity index (χ2n) is 7.76. The van der Waals surface area contributed by atoms with Crippen LogP contribution in [0, 0.1) is 25.2 Å². The molecule has 0 radical (unpaired) electrons. The summed E-state index contributed by atoms with van der Waals surface area (Å²) in [7, 11) is 0. The van der Waals surface area contributed by atoms with E-state index in [0.29, 0.717) is 10.6 Å². The van der Waals surface area contributed by atoms with Gasteiger partial charge in [0.1, 0.15) is 17.5 Å². The van der Waals surface area contributed by atoms with Crippen LogP contribution in [-0.2, 0) is 6.42 Å². The fourth-order valence-corrected chi connectivity index (χ4v) is 3.43. The molecule has 0 aliphatic heterocycles. The van der Waals surface area contributed by atoms with Gasteiger partial charge in [0, 0.05) is 47.8 Å². The first kappa shape index (κ1) is 28.4. The molecule has 3 heterocycles. The Hall–Kier alpha value is -3.79. The lowest BCUT2D eigenvalue weighted by atomic mass is 10.1. The van der Waals surface area contributed by atoms with Crippen molar-refractivity contribution < 1.29 is 2.85 Å². The molecule has 36 heavy (non-hydrogen) atoms. The number of aryl methyl sites for hydroxylation is 3. The molecule has 0 amide bonds. The van der Waals surface area contributed by atoms with Gasteiger partial charge in [0.2, 0.25) is 0 Å². The Balaban J connectivity index is 0.000000583. The van der Waals surface area contributed by atoms with Crippen LogP contribution in [0.5, 0.6) is 0 Å². The number of halogens is 2. The third kappa shape index (κ3) is 8.16. The highest BCUT2D eigenvalue weighted by Gasteiger charge is 2.13. The topological polar surface area (TPSA) is 96.9 Å². The van der Waals surface area contributed by atoms with E-state index in [-0.39, 0.29) is 10.3 Å². The summed E-state index contributed by atoms with van der Waals surface area (Å²) >= 11 is 11.6. The zero-order chi connectivity index (χ0) is 25.2. The third-order valence-corrected chi connectivity index (χ3v) is 5.55. The summed E-state index contributed by atoms with van der Waals surface area (Å²) in [5.74, 6) is 0. The number of nitriles is 1. The standard InChI is InChI=1S/C13H11ClN4.C8H9Cl.C6H6N2.CH4.2H2/c1-8-6-10(7-15-8)13-12(16-18-17-13)9-2-4-11(14)5-3-9;1-2-7-3-5-8(9)6-4-7;1-5-2-6(3-7)4-8-5;;;/h2-7,15H,1H3,(H,16,17,18);3-6H,2H2,1H3;2,4,8H,1H3;1H4;2*1H. The maximum Gasteiger partial charge on any atom is 0.122 e. The van der Waals surface area contributed by atoms with Crippen LogP contribution in [0.1, 0.15) is 39.7 Å². The van der Waals surface area contributed by atoms with Crippen LogP contribution in [0.4, 0.5) is 0 Å². The van der Waals surface area contributed by atoms with Gasteiger partial charge in [-0.05, 0) is 62.2 Å². The molecule has 2 aromatic carbocycles. The molecule has 0 saturated carbocycles. The van der Waals surface area contributed by atoms with E-state index in [1.807, 2.05) is 80.7 Å². The zero-order valence-electron chi connectivity index (χ0n) is 19.7. The van der Waals surface area contributed by atoms with Crippen molar-refractivity contribution in [3.63, 3.8) is 0 Å². The number of rotatable bonds is 3. The van der Waals surface area contributed by atoms with Gasteiger partial charge >= 0.3 is 0 Å². The van der Waals surface area contributed by atoms with Gasteiger partial charge in [0.15, 0.2) is 0 Å². The van der Waals surface area contributed by atoms with Gasteiger partial charge in [-0.1, -0.05) is 61.8 Å². The SMILES string of the molecule is C.CCc1ccc(Cl)cc1.Cc1cc(-c2n[nH]nc2-c2ccc(Cl)cc2)c[nH]1.Cc1cc(C#N)c[nH]1.[HH].[HH]. The lowest BCUT2D eigenvalue weighted by Gasteiger charge is -1.99. The Bertz CT molecular complexity index is 1380. The number of aromatic amines is 3. The molecule has 8 heteroatoms. The maximum atomic E-state index is 8.28. The first-order chi connectivity index (χ1) is 16.9. The van der Waals surface area contributed by atoms with Crippen molar-refractivity contribution in [2.24, 2.45) is 0 Å². The number of hydrogen-bond acceptors (Lipinski definition) is 3. The van der Waals surface area contributed by atoms with Crippen molar-refractivity contribution in [3.8, 4) is 28.6 Å². The molecule has 0 spiro atoms. The Morgan fingerprint density at radius 3 is 1.78 bits per heavy atom. The van der Waals surface area contributed by atoms with Crippen LogP contribution < -0.4 is 0 Å². The minimum atomic E-state index is 0. The van der Waals surface area contributed by atoms with Gasteiger partial charge in [-0.3, -0.25) is 0 Å². The Kier molecular flexibility index (Phi) is 11.0. The summed E-state index contributed by atoms with van der Waals surface area (Å²) in [5, 5.41) is 20.9. The number of nitrogens with one attached hydrogen (secondary N) is 3. The quantitative estimate of drug-likeness (QED) is 0.220. The van der Waals surface area contributed by atoms with E-state index in [0.717, 1.165) is 45.3 Å². The van der Waals surface area contributed by atoms with Gasteiger partial charge in [0.25, 0.3) is 0 Å². The number of hydrogen-bond donors (Lipinski definition) is 3. The lowest BCUT2D eigenvalue weighted by Crippen LogP contribution is -1.82. The van der Waals surface area contributed by atoms with E-state index < -0.39 is 0 Å². The normalized spacial score (nSPS) is 9.67. The summed E-state index contributed by atoms with van der Waals surface area (Å²) in [6.45, 7) is 6.05. The van der Waals surface area contributed by atoms with Gasteiger partial charge in [-0.25, -0.2) is 0 Å². The van der Waals surface area contributed by atoms with E-state index in [1.165, 1.54) is 5.56 Å². The minimum Gasteiger partial charge on any atom is -0.365 e. The second-order valence-corrected chi connectivity index (χ2v) is 8.64. The fourth-order valence-electron chi connectivity index (χ4n) is 3.18. The predicted molar refractivity (Wildman–Crippen MR) is 153 cm³/mol. The molecule has 5 rings (SSSR count). The Morgan fingerprint density at radius 1 is 0.806 bits per heavy atom. The second kappa shape index (κ2) is 13.9. The first-order valence-corrected chi connectivity index (χ1v) is 11.8. The summed E-state index contributed by atoms with van der Waals surface area (Å²) in [5.41, 5.74) is 7.82. The van der Waals surface area contributed by atoms with Crippen LogP contribution in [0.2, 0.25) is 10.0 Å². The number of benzene rings is 2. The molecule has 3 N–H and O–H groups in total. The van der Waals surface area contributed by atoms with Gasteiger partial charge in [-0.15, -0.1) is 0 Å². The van der Waals surface area contributed by atoms with Crippen molar-refractivity contribution in [3.05, 3.63) is 106 Å². The summed E-state index contributed by atoms with van der Waals surface area (Å²) < 4.78 is 0. The molecule has 5 aromatic rings. The van der Waals surface area contributed by atoms with E-state index in [4.69, 9.17) is 28.5 Å². The third-order valence-electron chi connectivity index (χ3n) is 5.04. The van der Waals surface area contributed by atoms with Crippen LogP contribution in [0.3, 0.4) is 0 Å². The molecule has 0 fully saturated rings. The van der Waals surface area contributed by atoms with Crippen molar-refractivity contribution in [2.45, 2.75) is 34.6 Å². The van der Waals surface area contributed by atoms with Crippen LogP contribution in [0.15, 0.2) is 73.1 Å². The van der Waals surface area contributed by atoms with E-state index >= 15 is 0 Å². The molecule has 0 saturated heterocycles. The molecule has 0 aliphatic rings. The van der Waals surface area contributed by atoms with Crippen LogP contribution >= 0.6 is 23.2 Å². The van der Waals surface area contributed by atoms with Crippen molar-refractivity contribution in [1.29, 1.82) is 5.26 Å². The molecular weight excluding hydrogens is 491 g/mol. The molecule has 0 aliphatic carbocycles. The Morgan fingerprint density at radius 2 is 1.33 bits per heavy atom. The average molecular weight is 526 g/mol. The van der Waals surface area contributed by atoms with Crippen molar-refractivity contribution in [2.75, 3.05) is 0 Å². The highest BCUT2D eigenvalue weighted by molar-refractivity contribution is 6.30. The fraction of sp³-hybridized carbons (Fsp3) is 0.179. The van der Waals surface area contributed by atoms with Gasteiger partial charge in [-0.2, -0.15) is 20.7 Å². The molecule has 190 valence electrons. The maximum absolute atomic E-state index is 8.28. The average Bonchev–Trinajstić information content (AvgIpc) is 3.62. The Labute approximate surface area is 225 Å². The van der Waals surface area contributed by atoms with Gasteiger partial charge in [0.05, 0.1) is 5.56 Å². The summed E-state index contributed by atoms with van der Waals surface area (Å²) in [6.07, 6.45) is 4.69. The van der Waals surface area contributed by atoms with Gasteiger partial charge < -0.3 is 9.97 Å². The molecule has 0 unspecified atom stereocenters. The summed E-state index contributed by atoms with van der Waals surface area (Å²) in [4.78, 5) is 6.04. The molecule has 3 aromatic heterocycles. The highest BCUT2D eigenvalue weighted by Crippen LogP contribution is 2.29. The molecular formula is C28H34Cl2N6.